The molecule has 0 aliphatic carbocycles. The van der Waals surface area contributed by atoms with E-state index in [2.05, 4.69) is 20.3 Å². The summed E-state index contributed by atoms with van der Waals surface area (Å²) in [5.41, 5.74) is 3.31. The van der Waals surface area contributed by atoms with Gasteiger partial charge in [0.15, 0.2) is 0 Å². The molecule has 0 saturated carbocycles. The molecule has 4 rings (SSSR count). The minimum Gasteiger partial charge on any atom is -0.343 e. The van der Waals surface area contributed by atoms with E-state index in [1.165, 1.54) is 11.3 Å². The number of amides is 1. The number of para-hydroxylation sites is 2. The lowest BCUT2D eigenvalue weighted by molar-refractivity contribution is 0.0946. The molecular formula is C19H16N4OS. The lowest BCUT2D eigenvalue weighted by atomic mass is 10.1. The Bertz CT molecular complexity index is 1000. The molecule has 1 amide bonds. The summed E-state index contributed by atoms with van der Waals surface area (Å²) < 4.78 is 0. The van der Waals surface area contributed by atoms with E-state index >= 15 is 0 Å². The summed E-state index contributed by atoms with van der Waals surface area (Å²) >= 11 is 1.53. The fraction of sp³-hybridized carbons (Fsp3) is 0.105. The van der Waals surface area contributed by atoms with Crippen molar-refractivity contribution in [2.24, 2.45) is 0 Å². The Balaban J connectivity index is 1.55. The second-order valence-electron chi connectivity index (χ2n) is 5.66. The highest BCUT2D eigenvalue weighted by Crippen LogP contribution is 2.29. The fourth-order valence-corrected chi connectivity index (χ4v) is 3.62. The van der Waals surface area contributed by atoms with Gasteiger partial charge in [-0.25, -0.2) is 9.97 Å². The second-order valence-corrected chi connectivity index (χ2v) is 6.86. The number of fused-ring (bicyclic) bond motifs is 1. The van der Waals surface area contributed by atoms with Crippen molar-refractivity contribution in [3.8, 4) is 10.4 Å². The van der Waals surface area contributed by atoms with Crippen molar-refractivity contribution in [3.63, 3.8) is 0 Å². The first-order valence-corrected chi connectivity index (χ1v) is 8.77. The van der Waals surface area contributed by atoms with Gasteiger partial charge in [0.1, 0.15) is 11.5 Å². The van der Waals surface area contributed by atoms with Gasteiger partial charge in [0.25, 0.3) is 5.91 Å². The van der Waals surface area contributed by atoms with E-state index in [0.29, 0.717) is 12.2 Å². The van der Waals surface area contributed by atoms with Crippen LogP contribution in [-0.4, -0.2) is 20.9 Å². The third-order valence-corrected chi connectivity index (χ3v) is 4.86. The lowest BCUT2D eigenvalue weighted by Crippen LogP contribution is -2.24. The van der Waals surface area contributed by atoms with Crippen molar-refractivity contribution in [2.45, 2.75) is 13.5 Å². The van der Waals surface area contributed by atoms with E-state index in [4.69, 9.17) is 0 Å². The van der Waals surface area contributed by atoms with Gasteiger partial charge in [-0.05, 0) is 24.6 Å². The fourth-order valence-electron chi connectivity index (χ4n) is 2.70. The number of hydrogen-bond acceptors (Lipinski definition) is 4. The molecule has 2 aromatic heterocycles. The Morgan fingerprint density at radius 3 is 2.64 bits per heavy atom. The third kappa shape index (κ3) is 3.16. The number of rotatable bonds is 4. The average molecular weight is 348 g/mol. The van der Waals surface area contributed by atoms with Gasteiger partial charge >= 0.3 is 0 Å². The number of benzene rings is 2. The molecule has 6 heteroatoms. The monoisotopic (exact) mass is 348 g/mol. The van der Waals surface area contributed by atoms with Crippen LogP contribution in [0.3, 0.4) is 0 Å². The van der Waals surface area contributed by atoms with Gasteiger partial charge in [-0.1, -0.05) is 42.5 Å². The molecule has 0 fully saturated rings. The van der Waals surface area contributed by atoms with Crippen LogP contribution in [0.25, 0.3) is 21.5 Å². The Morgan fingerprint density at radius 1 is 1.08 bits per heavy atom. The number of carbonyl (C=O) groups is 1. The van der Waals surface area contributed by atoms with Crippen LogP contribution in [0.15, 0.2) is 54.6 Å². The number of aromatic amines is 1. The maximum absolute atomic E-state index is 12.6. The molecule has 5 nitrogen and oxygen atoms in total. The zero-order valence-corrected chi connectivity index (χ0v) is 14.4. The van der Waals surface area contributed by atoms with Crippen molar-refractivity contribution in [3.05, 3.63) is 71.1 Å². The zero-order valence-electron chi connectivity index (χ0n) is 13.6. The zero-order chi connectivity index (χ0) is 17.2. The molecule has 2 aromatic carbocycles. The summed E-state index contributed by atoms with van der Waals surface area (Å²) in [6.07, 6.45) is 0. The minimum absolute atomic E-state index is 0.191. The first-order valence-electron chi connectivity index (χ1n) is 7.95. The van der Waals surface area contributed by atoms with Crippen LogP contribution in [-0.2, 0) is 6.54 Å². The molecule has 0 radical (unpaired) electrons. The van der Waals surface area contributed by atoms with Gasteiger partial charge in [-0.3, -0.25) is 4.79 Å². The van der Waals surface area contributed by atoms with Gasteiger partial charge in [0.2, 0.25) is 0 Å². The number of aryl methyl sites for hydroxylation is 1. The molecule has 0 aliphatic heterocycles. The Kier molecular flexibility index (Phi) is 4.03. The van der Waals surface area contributed by atoms with Crippen molar-refractivity contribution >= 4 is 28.3 Å². The van der Waals surface area contributed by atoms with Crippen LogP contribution in [0, 0.1) is 6.92 Å². The molecule has 25 heavy (non-hydrogen) atoms. The summed E-state index contributed by atoms with van der Waals surface area (Å²) in [6, 6.07) is 17.6. The molecule has 0 bridgehead atoms. The van der Waals surface area contributed by atoms with E-state index in [0.717, 1.165) is 32.3 Å². The molecule has 0 spiro atoms. The van der Waals surface area contributed by atoms with Crippen LogP contribution in [0.5, 0.6) is 0 Å². The number of hydrogen-bond donors (Lipinski definition) is 2. The van der Waals surface area contributed by atoms with Crippen LogP contribution in [0.1, 0.15) is 21.3 Å². The lowest BCUT2D eigenvalue weighted by Gasteiger charge is -2.04. The summed E-state index contributed by atoms with van der Waals surface area (Å²) in [7, 11) is 0. The highest BCUT2D eigenvalue weighted by atomic mass is 32.1. The molecular weight excluding hydrogens is 332 g/mol. The first kappa shape index (κ1) is 15.5. The summed E-state index contributed by atoms with van der Waals surface area (Å²) in [5, 5.41) is 3.78. The van der Waals surface area contributed by atoms with Crippen molar-refractivity contribution < 1.29 is 4.79 Å². The minimum atomic E-state index is -0.191. The highest BCUT2D eigenvalue weighted by Gasteiger charge is 2.18. The van der Waals surface area contributed by atoms with Gasteiger partial charge in [0, 0.05) is 0 Å². The molecule has 0 saturated heterocycles. The molecule has 2 N–H and O–H groups in total. The maximum Gasteiger partial charge on any atom is 0.271 e. The van der Waals surface area contributed by atoms with E-state index in [-0.39, 0.29) is 5.91 Å². The molecule has 124 valence electrons. The molecule has 2 heterocycles. The van der Waals surface area contributed by atoms with Crippen molar-refractivity contribution in [1.82, 2.24) is 20.3 Å². The molecule has 0 atom stereocenters. The quantitative estimate of drug-likeness (QED) is 0.587. The van der Waals surface area contributed by atoms with Gasteiger partial charge in [0.05, 0.1) is 27.5 Å². The van der Waals surface area contributed by atoms with Crippen LogP contribution in [0.2, 0.25) is 0 Å². The van der Waals surface area contributed by atoms with E-state index in [1.807, 2.05) is 61.5 Å². The normalized spacial score (nSPS) is 10.9. The van der Waals surface area contributed by atoms with Crippen LogP contribution >= 0.6 is 11.3 Å². The Hall–Kier alpha value is -2.99. The SMILES string of the molecule is Cc1nc(C(=O)NCc2nc3ccccc3[nH]2)c(-c2ccccc2)s1. The predicted octanol–water partition coefficient (Wildman–Crippen LogP) is 3.92. The first-order chi connectivity index (χ1) is 12.2. The standard InChI is InChI=1S/C19H16N4OS/c1-12-21-17(18(25-12)13-7-3-2-4-8-13)19(24)20-11-16-22-14-9-5-6-10-15(14)23-16/h2-10H,11H2,1H3,(H,20,24)(H,22,23). The van der Waals surface area contributed by atoms with Gasteiger partial charge in [-0.15, -0.1) is 11.3 Å². The second kappa shape index (κ2) is 6.49. The highest BCUT2D eigenvalue weighted by molar-refractivity contribution is 7.15. The number of nitrogens with zero attached hydrogens (tertiary/aromatic N) is 2. The average Bonchev–Trinajstić information content (AvgIpc) is 3.23. The summed E-state index contributed by atoms with van der Waals surface area (Å²) in [5.74, 6) is 0.534. The smallest absolute Gasteiger partial charge is 0.271 e. The largest absolute Gasteiger partial charge is 0.343 e. The number of nitrogens with one attached hydrogen (secondary N) is 2. The topological polar surface area (TPSA) is 70.7 Å². The van der Waals surface area contributed by atoms with E-state index in [1.54, 1.807) is 0 Å². The molecule has 0 unspecified atom stereocenters. The van der Waals surface area contributed by atoms with Gasteiger partial charge in [-0.2, -0.15) is 0 Å². The van der Waals surface area contributed by atoms with E-state index < -0.39 is 0 Å². The summed E-state index contributed by atoms with van der Waals surface area (Å²) in [6.45, 7) is 2.24. The number of carbonyl (C=O) groups excluding carboxylic acids is 1. The molecule has 4 aromatic rings. The predicted molar refractivity (Wildman–Crippen MR) is 99.6 cm³/mol. The van der Waals surface area contributed by atoms with Crippen LogP contribution in [0.4, 0.5) is 0 Å². The molecule has 0 aliphatic rings. The number of H-pyrrole nitrogens is 1. The van der Waals surface area contributed by atoms with Crippen LogP contribution < -0.4 is 5.32 Å². The summed E-state index contributed by atoms with van der Waals surface area (Å²) in [4.78, 5) is 25.6. The third-order valence-electron chi connectivity index (χ3n) is 3.84. The Labute approximate surface area is 148 Å². The van der Waals surface area contributed by atoms with E-state index in [9.17, 15) is 4.79 Å². The number of imidazole rings is 1. The Morgan fingerprint density at radius 2 is 1.84 bits per heavy atom. The number of aromatic nitrogens is 3. The van der Waals surface area contributed by atoms with Gasteiger partial charge < -0.3 is 10.3 Å². The maximum atomic E-state index is 12.6. The van der Waals surface area contributed by atoms with Crippen molar-refractivity contribution in [1.29, 1.82) is 0 Å². The van der Waals surface area contributed by atoms with Crippen molar-refractivity contribution in [2.75, 3.05) is 0 Å². The number of thiazole rings is 1.